The van der Waals surface area contributed by atoms with Gasteiger partial charge in [-0.3, -0.25) is 9.59 Å². The highest BCUT2D eigenvalue weighted by Gasteiger charge is 2.53. The van der Waals surface area contributed by atoms with E-state index in [1.54, 1.807) is 0 Å². The van der Waals surface area contributed by atoms with Crippen LogP contribution in [0.15, 0.2) is 121 Å². The van der Waals surface area contributed by atoms with Gasteiger partial charge in [0.2, 0.25) is 0 Å². The van der Waals surface area contributed by atoms with Crippen LogP contribution < -0.4 is 21.2 Å². The van der Waals surface area contributed by atoms with Gasteiger partial charge >= 0.3 is 11.9 Å². The molecule has 4 aromatic carbocycles. The van der Waals surface area contributed by atoms with Gasteiger partial charge in [0.05, 0.1) is 0 Å². The molecular weight excluding hydrogens is 446 g/mol. The number of rotatable bonds is 6. The molecule has 33 heavy (non-hydrogen) atoms. The molecular formula is C28H22O3P2. The zero-order chi connectivity index (χ0) is 22.6. The van der Waals surface area contributed by atoms with E-state index in [0.29, 0.717) is 0 Å². The van der Waals surface area contributed by atoms with Crippen molar-refractivity contribution in [3.05, 3.63) is 121 Å². The minimum atomic E-state index is -1.15. The zero-order valence-electron chi connectivity index (χ0n) is 17.8. The van der Waals surface area contributed by atoms with E-state index in [2.05, 4.69) is 48.5 Å². The largest absolute Gasteiger partial charge is 0.392 e. The molecule has 0 N–H and O–H groups in total. The van der Waals surface area contributed by atoms with Crippen LogP contribution in [0.25, 0.3) is 0 Å². The summed E-state index contributed by atoms with van der Waals surface area (Å²) >= 11 is 0. The molecule has 3 nitrogen and oxygen atoms in total. The van der Waals surface area contributed by atoms with Gasteiger partial charge in [-0.05, 0) is 37.1 Å². The maximum Gasteiger partial charge on any atom is 0.322 e. The second kappa shape index (κ2) is 9.79. The van der Waals surface area contributed by atoms with Gasteiger partial charge in [0.15, 0.2) is 0 Å². The summed E-state index contributed by atoms with van der Waals surface area (Å²) in [6.45, 7) is 0. The molecule has 1 aliphatic rings. The number of carbonyl (C=O) groups is 2. The van der Waals surface area contributed by atoms with E-state index < -0.39 is 39.1 Å². The van der Waals surface area contributed by atoms with Crippen molar-refractivity contribution in [1.82, 2.24) is 0 Å². The highest BCUT2D eigenvalue weighted by Crippen LogP contribution is 2.54. The van der Waals surface area contributed by atoms with Crippen LogP contribution in [-0.4, -0.2) is 23.3 Å². The number of ether oxygens (including phenoxy) is 1. The van der Waals surface area contributed by atoms with Gasteiger partial charge in [-0.25, -0.2) is 0 Å². The van der Waals surface area contributed by atoms with Gasteiger partial charge in [-0.1, -0.05) is 121 Å². The Kier molecular flexibility index (Phi) is 6.44. The van der Waals surface area contributed by atoms with E-state index >= 15 is 0 Å². The fraction of sp³-hybridized carbons (Fsp3) is 0.0714. The smallest absolute Gasteiger partial charge is 0.322 e. The minimum Gasteiger partial charge on any atom is -0.392 e. The van der Waals surface area contributed by atoms with Crippen LogP contribution in [0.3, 0.4) is 0 Å². The fourth-order valence-electron chi connectivity index (χ4n) is 4.27. The van der Waals surface area contributed by atoms with E-state index in [-0.39, 0.29) is 0 Å². The molecule has 0 unspecified atom stereocenters. The molecule has 5 rings (SSSR count). The first-order chi connectivity index (χ1) is 16.2. The summed E-state index contributed by atoms with van der Waals surface area (Å²) in [7, 11) is -2.30. The molecule has 0 bridgehead atoms. The number of cyclic esters (lactones) is 2. The fourth-order valence-corrected chi connectivity index (χ4v) is 10.3. The SMILES string of the molecule is O=C1OC(=O)[C@@H](P(c2ccccc2)c2ccccc2)[C@@H]1P(c1ccccc1)c1ccccc1. The van der Waals surface area contributed by atoms with E-state index in [4.69, 9.17) is 4.74 Å². The summed E-state index contributed by atoms with van der Waals surface area (Å²) in [5.41, 5.74) is -1.10. The van der Waals surface area contributed by atoms with Crippen LogP contribution >= 0.6 is 15.8 Å². The number of hydrogen-bond donors (Lipinski definition) is 0. The lowest BCUT2D eigenvalue weighted by Gasteiger charge is -2.31. The summed E-state index contributed by atoms with van der Waals surface area (Å²) in [6.07, 6.45) is 0. The molecule has 0 aliphatic carbocycles. The topological polar surface area (TPSA) is 43.4 Å². The first-order valence-corrected chi connectivity index (χ1v) is 13.6. The second-order valence-electron chi connectivity index (χ2n) is 7.71. The van der Waals surface area contributed by atoms with Crippen molar-refractivity contribution >= 4 is 49.0 Å². The number of carbonyl (C=O) groups excluding carboxylic acids is 2. The first-order valence-electron chi connectivity index (χ1n) is 10.8. The third-order valence-corrected chi connectivity index (χ3v) is 11.5. The van der Waals surface area contributed by atoms with Crippen molar-refractivity contribution < 1.29 is 14.3 Å². The predicted octanol–water partition coefficient (Wildman–Crippen LogP) is 4.07. The van der Waals surface area contributed by atoms with E-state index in [0.717, 1.165) is 21.2 Å². The maximum atomic E-state index is 13.3. The van der Waals surface area contributed by atoms with Crippen molar-refractivity contribution in [3.8, 4) is 0 Å². The summed E-state index contributed by atoms with van der Waals surface area (Å²) in [6, 6.07) is 40.2. The van der Waals surface area contributed by atoms with E-state index in [9.17, 15) is 9.59 Å². The van der Waals surface area contributed by atoms with Crippen LogP contribution in [0.1, 0.15) is 0 Å². The highest BCUT2D eigenvalue weighted by atomic mass is 31.1. The van der Waals surface area contributed by atoms with Crippen molar-refractivity contribution in [2.45, 2.75) is 11.3 Å². The summed E-state index contributed by atoms with van der Waals surface area (Å²) in [4.78, 5) is 26.7. The molecule has 1 fully saturated rings. The summed E-state index contributed by atoms with van der Waals surface area (Å²) < 4.78 is 5.39. The average Bonchev–Trinajstić information content (AvgIpc) is 3.15. The van der Waals surface area contributed by atoms with Crippen LogP contribution in [0.4, 0.5) is 0 Å². The van der Waals surface area contributed by atoms with Crippen LogP contribution in [0.5, 0.6) is 0 Å². The molecule has 2 atom stereocenters. The number of esters is 2. The quantitative estimate of drug-likeness (QED) is 0.244. The molecule has 162 valence electrons. The molecule has 1 heterocycles. The Morgan fingerprint density at radius 3 is 0.909 bits per heavy atom. The van der Waals surface area contributed by atoms with Crippen LogP contribution in [0.2, 0.25) is 0 Å². The number of benzene rings is 4. The molecule has 0 saturated carbocycles. The molecule has 4 aromatic rings. The molecule has 5 heteroatoms. The standard InChI is InChI=1S/C28H22O3P2/c29-27-25(32(21-13-5-1-6-14-21)22-15-7-2-8-16-22)26(28(30)31-27)33(23-17-9-3-10-18-23)24-19-11-4-12-20-24/h1-20,25-26H/t25-,26-/m0/s1. The Balaban J connectivity index is 1.69. The molecule has 0 aromatic heterocycles. The molecule has 0 amide bonds. The maximum absolute atomic E-state index is 13.3. The van der Waals surface area contributed by atoms with Crippen molar-refractivity contribution in [2.24, 2.45) is 0 Å². The average molecular weight is 468 g/mol. The third-order valence-electron chi connectivity index (χ3n) is 5.68. The van der Waals surface area contributed by atoms with Crippen LogP contribution in [-0.2, 0) is 14.3 Å². The van der Waals surface area contributed by atoms with Gasteiger partial charge in [-0.15, -0.1) is 0 Å². The molecule has 0 radical (unpaired) electrons. The normalized spacial score (nSPS) is 18.0. The summed E-state index contributed by atoms with van der Waals surface area (Å²) in [5, 5.41) is 4.26. The Labute approximate surface area is 195 Å². The van der Waals surface area contributed by atoms with Crippen molar-refractivity contribution in [1.29, 1.82) is 0 Å². The van der Waals surface area contributed by atoms with Gasteiger partial charge in [0.1, 0.15) is 11.3 Å². The Morgan fingerprint density at radius 2 is 0.667 bits per heavy atom. The Morgan fingerprint density at radius 1 is 0.424 bits per heavy atom. The zero-order valence-corrected chi connectivity index (χ0v) is 19.6. The van der Waals surface area contributed by atoms with E-state index in [1.807, 2.05) is 72.8 Å². The Hall–Kier alpha value is -3.12. The van der Waals surface area contributed by atoms with Gasteiger partial charge in [0, 0.05) is 0 Å². The second-order valence-corrected chi connectivity index (χ2v) is 12.4. The monoisotopic (exact) mass is 468 g/mol. The lowest BCUT2D eigenvalue weighted by Crippen LogP contribution is -2.37. The third kappa shape index (κ3) is 4.40. The molecule has 1 saturated heterocycles. The van der Waals surface area contributed by atoms with Crippen molar-refractivity contribution in [2.75, 3.05) is 0 Å². The summed E-state index contributed by atoms with van der Waals surface area (Å²) in [5.74, 6) is -0.827. The van der Waals surface area contributed by atoms with Gasteiger partial charge in [-0.2, -0.15) is 0 Å². The number of hydrogen-bond acceptors (Lipinski definition) is 3. The molecule has 1 aliphatic heterocycles. The lowest BCUT2D eigenvalue weighted by molar-refractivity contribution is -0.151. The van der Waals surface area contributed by atoms with Gasteiger partial charge < -0.3 is 4.74 Å². The Bertz CT molecular complexity index is 1050. The minimum absolute atomic E-state index is 0.414. The van der Waals surface area contributed by atoms with E-state index in [1.165, 1.54) is 0 Å². The predicted molar refractivity (Wildman–Crippen MR) is 137 cm³/mol. The molecule has 0 spiro atoms. The lowest BCUT2D eigenvalue weighted by atomic mass is 10.3. The van der Waals surface area contributed by atoms with Gasteiger partial charge in [0.25, 0.3) is 0 Å². The van der Waals surface area contributed by atoms with Crippen molar-refractivity contribution in [3.63, 3.8) is 0 Å². The first kappa shape index (κ1) is 21.7. The highest BCUT2D eigenvalue weighted by molar-refractivity contribution is 7.78. The van der Waals surface area contributed by atoms with Crippen LogP contribution in [0, 0.1) is 0 Å².